The molecule has 26 heavy (non-hydrogen) atoms. The molecule has 0 aliphatic rings. The molecule has 0 aliphatic carbocycles. The Hall–Kier alpha value is -2.57. The van der Waals surface area contributed by atoms with Crippen molar-refractivity contribution in [2.24, 2.45) is 0 Å². The minimum Gasteiger partial charge on any atom is -0.301 e. The molecule has 0 bridgehead atoms. The lowest BCUT2D eigenvalue weighted by Gasteiger charge is -2.12. The van der Waals surface area contributed by atoms with E-state index in [4.69, 9.17) is 11.6 Å². The third kappa shape index (κ3) is 3.13. The summed E-state index contributed by atoms with van der Waals surface area (Å²) in [7, 11) is 0. The average molecular weight is 383 g/mol. The zero-order valence-corrected chi connectivity index (χ0v) is 15.5. The van der Waals surface area contributed by atoms with Crippen LogP contribution in [0, 0.1) is 0 Å². The highest BCUT2D eigenvalue weighted by molar-refractivity contribution is 7.99. The number of nitrogens with zero attached hydrogens (tertiary/aromatic N) is 3. The van der Waals surface area contributed by atoms with Gasteiger partial charge in [-0.1, -0.05) is 59.8 Å². The molecule has 4 rings (SSSR count). The lowest BCUT2D eigenvalue weighted by atomic mass is 10.2. The van der Waals surface area contributed by atoms with Crippen LogP contribution in [0.25, 0.3) is 16.7 Å². The molecular formula is C19H15ClN4OS. The highest BCUT2D eigenvalue weighted by atomic mass is 35.5. The predicted molar refractivity (Wildman–Crippen MR) is 105 cm³/mol. The predicted octanol–water partition coefficient (Wildman–Crippen LogP) is 4.62. The lowest BCUT2D eigenvalue weighted by Crippen LogP contribution is -2.10. The van der Waals surface area contributed by atoms with Crippen LogP contribution in [0.2, 0.25) is 5.02 Å². The van der Waals surface area contributed by atoms with E-state index in [-0.39, 0.29) is 10.8 Å². The maximum absolute atomic E-state index is 12.4. The molecule has 0 spiro atoms. The molecule has 0 amide bonds. The van der Waals surface area contributed by atoms with Crippen molar-refractivity contribution >= 4 is 34.4 Å². The van der Waals surface area contributed by atoms with E-state index in [1.165, 1.54) is 11.8 Å². The standard InChI is InChI=1S/C19H15ClN4OS/c1-12(14-9-5-6-10-16(14)20)26-19-22-17-15(18(25)23-19)11-21-24(17)13-7-3-2-4-8-13/h2-12H,1H3,(H,22,23,25). The van der Waals surface area contributed by atoms with Crippen molar-refractivity contribution in [2.75, 3.05) is 0 Å². The first-order chi connectivity index (χ1) is 12.6. The van der Waals surface area contributed by atoms with Crippen LogP contribution in [0.1, 0.15) is 17.7 Å². The number of aromatic amines is 1. The summed E-state index contributed by atoms with van der Waals surface area (Å²) in [6.07, 6.45) is 1.54. The summed E-state index contributed by atoms with van der Waals surface area (Å²) >= 11 is 7.73. The Morgan fingerprint density at radius 2 is 1.85 bits per heavy atom. The number of aromatic nitrogens is 4. The zero-order chi connectivity index (χ0) is 18.1. The first kappa shape index (κ1) is 16.9. The molecule has 5 nitrogen and oxygen atoms in total. The molecule has 0 saturated heterocycles. The Balaban J connectivity index is 1.75. The van der Waals surface area contributed by atoms with Crippen molar-refractivity contribution in [3.63, 3.8) is 0 Å². The summed E-state index contributed by atoms with van der Waals surface area (Å²) < 4.78 is 1.68. The fourth-order valence-electron chi connectivity index (χ4n) is 2.75. The van der Waals surface area contributed by atoms with E-state index in [1.54, 1.807) is 10.9 Å². The van der Waals surface area contributed by atoms with Gasteiger partial charge < -0.3 is 4.98 Å². The molecule has 1 atom stereocenters. The van der Waals surface area contributed by atoms with Crippen LogP contribution in [0.15, 0.2) is 70.7 Å². The second-order valence-electron chi connectivity index (χ2n) is 5.78. The number of rotatable bonds is 4. The Bertz CT molecular complexity index is 1120. The van der Waals surface area contributed by atoms with E-state index in [1.807, 2.05) is 61.5 Å². The second kappa shape index (κ2) is 6.97. The van der Waals surface area contributed by atoms with Gasteiger partial charge in [-0.2, -0.15) is 5.10 Å². The van der Waals surface area contributed by atoms with Gasteiger partial charge in [-0.05, 0) is 30.7 Å². The van der Waals surface area contributed by atoms with E-state index in [0.29, 0.717) is 21.2 Å². The Morgan fingerprint density at radius 1 is 1.12 bits per heavy atom. The minimum atomic E-state index is -0.203. The summed E-state index contributed by atoms with van der Waals surface area (Å²) in [4.78, 5) is 19.9. The van der Waals surface area contributed by atoms with Crippen molar-refractivity contribution < 1.29 is 0 Å². The summed E-state index contributed by atoms with van der Waals surface area (Å²) in [6.45, 7) is 2.03. The molecule has 130 valence electrons. The van der Waals surface area contributed by atoms with Gasteiger partial charge in [0.25, 0.3) is 5.56 Å². The monoisotopic (exact) mass is 382 g/mol. The number of hydrogen-bond donors (Lipinski definition) is 1. The maximum atomic E-state index is 12.4. The topological polar surface area (TPSA) is 63.6 Å². The van der Waals surface area contributed by atoms with Crippen LogP contribution in [0.5, 0.6) is 0 Å². The van der Waals surface area contributed by atoms with Gasteiger partial charge in [0.1, 0.15) is 5.39 Å². The zero-order valence-electron chi connectivity index (χ0n) is 13.9. The highest BCUT2D eigenvalue weighted by Gasteiger charge is 2.16. The van der Waals surface area contributed by atoms with E-state index >= 15 is 0 Å². The van der Waals surface area contributed by atoms with Crippen LogP contribution in [0.4, 0.5) is 0 Å². The number of para-hydroxylation sites is 1. The third-order valence-electron chi connectivity index (χ3n) is 4.05. The Morgan fingerprint density at radius 3 is 2.62 bits per heavy atom. The molecule has 2 aromatic heterocycles. The number of benzene rings is 2. The molecule has 2 heterocycles. The summed E-state index contributed by atoms with van der Waals surface area (Å²) in [5.41, 5.74) is 2.19. The van der Waals surface area contributed by atoms with Crippen LogP contribution in [0.3, 0.4) is 0 Å². The average Bonchev–Trinajstić information content (AvgIpc) is 3.07. The van der Waals surface area contributed by atoms with Crippen molar-refractivity contribution in [3.05, 3.63) is 81.7 Å². The molecule has 4 aromatic rings. The highest BCUT2D eigenvalue weighted by Crippen LogP contribution is 2.36. The van der Waals surface area contributed by atoms with Crippen LogP contribution in [-0.4, -0.2) is 19.7 Å². The van der Waals surface area contributed by atoms with Crippen molar-refractivity contribution in [1.82, 2.24) is 19.7 Å². The normalized spacial score (nSPS) is 12.4. The van der Waals surface area contributed by atoms with Crippen molar-refractivity contribution in [2.45, 2.75) is 17.3 Å². The second-order valence-corrected chi connectivity index (χ2v) is 7.52. The number of nitrogens with one attached hydrogen (secondary N) is 1. The molecule has 0 fully saturated rings. The molecule has 7 heteroatoms. The fraction of sp³-hybridized carbons (Fsp3) is 0.105. The third-order valence-corrected chi connectivity index (χ3v) is 5.42. The largest absolute Gasteiger partial charge is 0.301 e. The molecular weight excluding hydrogens is 368 g/mol. The smallest absolute Gasteiger partial charge is 0.262 e. The van der Waals surface area contributed by atoms with Crippen LogP contribution < -0.4 is 5.56 Å². The van der Waals surface area contributed by atoms with E-state index in [9.17, 15) is 4.79 Å². The maximum Gasteiger partial charge on any atom is 0.262 e. The first-order valence-electron chi connectivity index (χ1n) is 8.08. The number of thioether (sulfide) groups is 1. The number of halogens is 1. The van der Waals surface area contributed by atoms with Gasteiger partial charge >= 0.3 is 0 Å². The van der Waals surface area contributed by atoms with Crippen molar-refractivity contribution in [3.8, 4) is 5.69 Å². The first-order valence-corrected chi connectivity index (χ1v) is 9.34. The molecule has 0 radical (unpaired) electrons. The SMILES string of the molecule is CC(Sc1nc2c(cnn2-c2ccccc2)c(=O)[nH]1)c1ccccc1Cl. The summed E-state index contributed by atoms with van der Waals surface area (Å²) in [5, 5.41) is 6.06. The molecule has 1 unspecified atom stereocenters. The van der Waals surface area contributed by atoms with Gasteiger partial charge in [0.05, 0.1) is 11.9 Å². The number of hydrogen-bond acceptors (Lipinski definition) is 4. The Labute approximate surface area is 159 Å². The number of H-pyrrole nitrogens is 1. The molecule has 2 aromatic carbocycles. The molecule has 0 aliphatic heterocycles. The molecule has 0 saturated carbocycles. The molecule has 1 N–H and O–H groups in total. The van der Waals surface area contributed by atoms with Gasteiger partial charge in [-0.3, -0.25) is 4.79 Å². The van der Waals surface area contributed by atoms with Gasteiger partial charge in [0, 0.05) is 10.3 Å². The van der Waals surface area contributed by atoms with Crippen molar-refractivity contribution in [1.29, 1.82) is 0 Å². The minimum absolute atomic E-state index is 0.0393. The van der Waals surface area contributed by atoms with Crippen LogP contribution in [-0.2, 0) is 0 Å². The van der Waals surface area contributed by atoms with E-state index < -0.39 is 0 Å². The summed E-state index contributed by atoms with van der Waals surface area (Å²) in [6, 6.07) is 17.3. The quantitative estimate of drug-likeness (QED) is 0.413. The van der Waals surface area contributed by atoms with E-state index in [2.05, 4.69) is 15.1 Å². The van der Waals surface area contributed by atoms with Gasteiger partial charge in [-0.15, -0.1) is 0 Å². The summed E-state index contributed by atoms with van der Waals surface area (Å²) in [5.74, 6) is 0. The number of fused-ring (bicyclic) bond motifs is 1. The Kier molecular flexibility index (Phi) is 4.53. The lowest BCUT2D eigenvalue weighted by molar-refractivity contribution is 0.871. The van der Waals surface area contributed by atoms with E-state index in [0.717, 1.165) is 11.3 Å². The fourth-order valence-corrected chi connectivity index (χ4v) is 4.07. The van der Waals surface area contributed by atoms with Gasteiger partial charge in [0.15, 0.2) is 10.8 Å². The van der Waals surface area contributed by atoms with Gasteiger partial charge in [-0.25, -0.2) is 9.67 Å². The van der Waals surface area contributed by atoms with Gasteiger partial charge in [0.2, 0.25) is 0 Å². The van der Waals surface area contributed by atoms with Crippen LogP contribution >= 0.6 is 23.4 Å².